The number of para-hydroxylation sites is 1. The molecule has 6 heteroatoms. The van der Waals surface area contributed by atoms with Gasteiger partial charge in [-0.2, -0.15) is 5.10 Å². The van der Waals surface area contributed by atoms with Crippen LogP contribution in [0.4, 0.5) is 0 Å². The van der Waals surface area contributed by atoms with Gasteiger partial charge in [0.1, 0.15) is 11.3 Å². The van der Waals surface area contributed by atoms with Crippen molar-refractivity contribution in [3.05, 3.63) is 76.1 Å². The number of piperidine rings is 1. The molecule has 0 aliphatic carbocycles. The van der Waals surface area contributed by atoms with Crippen LogP contribution in [0.3, 0.4) is 0 Å². The monoisotopic (exact) mass is 447 g/mol. The average Bonchev–Trinajstić information content (AvgIpc) is 2.81. The number of hydrazone groups is 1. The lowest BCUT2D eigenvalue weighted by molar-refractivity contribution is 0.206. The summed E-state index contributed by atoms with van der Waals surface area (Å²) in [6.07, 6.45) is 3.61. The first-order chi connectivity index (χ1) is 16.0. The Kier molecular flexibility index (Phi) is 7.14. The fourth-order valence-electron chi connectivity index (χ4n) is 4.97. The van der Waals surface area contributed by atoms with E-state index in [4.69, 9.17) is 9.52 Å². The van der Waals surface area contributed by atoms with Crippen molar-refractivity contribution in [1.29, 1.82) is 0 Å². The lowest BCUT2D eigenvalue weighted by Gasteiger charge is -2.35. The summed E-state index contributed by atoms with van der Waals surface area (Å²) in [4.78, 5) is 15.8. The fraction of sp³-hybridized carbons (Fsp3) is 0.407. The molecule has 2 heterocycles. The SMILES string of the molecule is C/C(=N\N(C)C)[C@H](CN1CCCCC1)[C@@H](c1ccccc1)c1c(O)c2ccccc2oc1=O. The van der Waals surface area contributed by atoms with Gasteiger partial charge in [0.25, 0.3) is 0 Å². The first kappa shape index (κ1) is 23.1. The van der Waals surface area contributed by atoms with Crippen LogP contribution < -0.4 is 5.63 Å². The highest BCUT2D eigenvalue weighted by Crippen LogP contribution is 2.39. The van der Waals surface area contributed by atoms with E-state index >= 15 is 0 Å². The van der Waals surface area contributed by atoms with Gasteiger partial charge in [-0.3, -0.25) is 0 Å². The summed E-state index contributed by atoms with van der Waals surface area (Å²) >= 11 is 0. The van der Waals surface area contributed by atoms with E-state index in [-0.39, 0.29) is 11.7 Å². The minimum Gasteiger partial charge on any atom is -0.507 e. The summed E-state index contributed by atoms with van der Waals surface area (Å²) in [5, 5.41) is 18.4. The molecule has 0 spiro atoms. The van der Waals surface area contributed by atoms with E-state index in [0.717, 1.165) is 30.9 Å². The Hall–Kier alpha value is -3.12. The van der Waals surface area contributed by atoms with E-state index in [0.29, 0.717) is 16.5 Å². The Labute approximate surface area is 195 Å². The first-order valence-corrected chi connectivity index (χ1v) is 11.7. The highest BCUT2D eigenvalue weighted by molar-refractivity contribution is 5.88. The Morgan fingerprint density at radius 1 is 1.06 bits per heavy atom. The van der Waals surface area contributed by atoms with Crippen molar-refractivity contribution in [3.63, 3.8) is 0 Å². The molecule has 1 saturated heterocycles. The van der Waals surface area contributed by atoms with Crippen LogP contribution >= 0.6 is 0 Å². The third kappa shape index (κ3) is 5.11. The molecule has 174 valence electrons. The Balaban J connectivity index is 1.91. The van der Waals surface area contributed by atoms with Crippen molar-refractivity contribution in [2.75, 3.05) is 33.7 Å². The highest BCUT2D eigenvalue weighted by Gasteiger charge is 2.35. The van der Waals surface area contributed by atoms with E-state index in [2.05, 4.69) is 4.90 Å². The normalized spacial score (nSPS) is 17.1. The van der Waals surface area contributed by atoms with Gasteiger partial charge in [0, 0.05) is 38.2 Å². The number of likely N-dealkylation sites (tertiary alicyclic amines) is 1. The molecule has 2 aromatic carbocycles. The summed E-state index contributed by atoms with van der Waals surface area (Å²) in [5.41, 5.74) is 2.08. The van der Waals surface area contributed by atoms with Crippen LogP contribution in [0.1, 0.15) is 43.2 Å². The molecule has 0 unspecified atom stereocenters. The third-order valence-electron chi connectivity index (χ3n) is 6.49. The van der Waals surface area contributed by atoms with Gasteiger partial charge in [0.2, 0.25) is 0 Å². The van der Waals surface area contributed by atoms with Crippen LogP contribution in [0.5, 0.6) is 5.75 Å². The molecular formula is C27H33N3O3. The van der Waals surface area contributed by atoms with Crippen LogP contribution in [0, 0.1) is 5.92 Å². The molecule has 1 fully saturated rings. The first-order valence-electron chi connectivity index (χ1n) is 11.7. The van der Waals surface area contributed by atoms with Crippen molar-refractivity contribution >= 4 is 16.7 Å². The van der Waals surface area contributed by atoms with E-state index < -0.39 is 11.5 Å². The van der Waals surface area contributed by atoms with Gasteiger partial charge in [-0.1, -0.05) is 48.9 Å². The molecule has 4 rings (SSSR count). The van der Waals surface area contributed by atoms with E-state index in [1.165, 1.54) is 19.3 Å². The van der Waals surface area contributed by atoms with Crippen molar-refractivity contribution < 1.29 is 9.52 Å². The maximum Gasteiger partial charge on any atom is 0.343 e. The summed E-state index contributed by atoms with van der Waals surface area (Å²) in [5.74, 6) is -0.502. The minimum absolute atomic E-state index is 0.00278. The Morgan fingerprint density at radius 3 is 2.42 bits per heavy atom. The lowest BCUT2D eigenvalue weighted by atomic mass is 9.78. The van der Waals surface area contributed by atoms with Crippen LogP contribution in [-0.4, -0.2) is 54.5 Å². The maximum absolute atomic E-state index is 13.3. The number of nitrogens with zero attached hydrogens (tertiary/aromatic N) is 3. The predicted octanol–water partition coefficient (Wildman–Crippen LogP) is 4.67. The Morgan fingerprint density at radius 2 is 1.73 bits per heavy atom. The van der Waals surface area contributed by atoms with Gasteiger partial charge in [0.05, 0.1) is 10.9 Å². The highest BCUT2D eigenvalue weighted by atomic mass is 16.4. The van der Waals surface area contributed by atoms with Gasteiger partial charge < -0.3 is 19.4 Å². The van der Waals surface area contributed by atoms with Crippen molar-refractivity contribution in [2.24, 2.45) is 11.0 Å². The minimum atomic E-state index is -0.499. The van der Waals surface area contributed by atoms with Crippen molar-refractivity contribution in [3.8, 4) is 5.75 Å². The number of fused-ring (bicyclic) bond motifs is 1. The smallest absolute Gasteiger partial charge is 0.343 e. The summed E-state index contributed by atoms with van der Waals surface area (Å²) in [7, 11) is 3.81. The third-order valence-corrected chi connectivity index (χ3v) is 6.49. The van der Waals surface area contributed by atoms with Gasteiger partial charge in [-0.25, -0.2) is 4.79 Å². The second kappa shape index (κ2) is 10.2. The number of benzene rings is 2. The molecule has 6 nitrogen and oxygen atoms in total. The van der Waals surface area contributed by atoms with Crippen LogP contribution in [-0.2, 0) is 0 Å². The largest absolute Gasteiger partial charge is 0.507 e. The zero-order valence-corrected chi connectivity index (χ0v) is 19.7. The molecule has 0 bridgehead atoms. The average molecular weight is 448 g/mol. The van der Waals surface area contributed by atoms with Gasteiger partial charge >= 0.3 is 5.63 Å². The molecule has 0 radical (unpaired) electrons. The molecule has 33 heavy (non-hydrogen) atoms. The lowest BCUT2D eigenvalue weighted by Crippen LogP contribution is -2.40. The van der Waals surface area contributed by atoms with E-state index in [9.17, 15) is 9.90 Å². The maximum atomic E-state index is 13.3. The van der Waals surface area contributed by atoms with Gasteiger partial charge in [0.15, 0.2) is 0 Å². The molecule has 2 atom stereocenters. The quantitative estimate of drug-likeness (QED) is 0.324. The molecule has 0 saturated carbocycles. The van der Waals surface area contributed by atoms with E-state index in [1.807, 2.05) is 57.4 Å². The Bertz CT molecular complexity index is 1160. The summed E-state index contributed by atoms with van der Waals surface area (Å²) < 4.78 is 5.70. The number of aromatic hydroxyl groups is 1. The molecule has 1 N–H and O–H groups in total. The van der Waals surface area contributed by atoms with Gasteiger partial charge in [-0.05, 0) is 50.6 Å². The molecule has 3 aromatic rings. The second-order valence-corrected chi connectivity index (χ2v) is 9.09. The van der Waals surface area contributed by atoms with Crippen LogP contribution in [0.15, 0.2) is 68.9 Å². The summed E-state index contributed by atoms with van der Waals surface area (Å²) in [6.45, 7) is 4.84. The van der Waals surface area contributed by atoms with Crippen molar-refractivity contribution in [1.82, 2.24) is 9.91 Å². The molecule has 1 aliphatic heterocycles. The van der Waals surface area contributed by atoms with Crippen molar-refractivity contribution in [2.45, 2.75) is 32.1 Å². The van der Waals surface area contributed by atoms with Gasteiger partial charge in [-0.15, -0.1) is 0 Å². The topological polar surface area (TPSA) is 69.3 Å². The van der Waals surface area contributed by atoms with E-state index in [1.54, 1.807) is 23.2 Å². The summed E-state index contributed by atoms with van der Waals surface area (Å²) in [6, 6.07) is 17.1. The van der Waals surface area contributed by atoms with Crippen LogP contribution in [0.25, 0.3) is 11.0 Å². The number of rotatable bonds is 7. The molecule has 1 aliphatic rings. The zero-order valence-electron chi connectivity index (χ0n) is 19.7. The predicted molar refractivity (Wildman–Crippen MR) is 133 cm³/mol. The van der Waals surface area contributed by atoms with Crippen LogP contribution in [0.2, 0.25) is 0 Å². The second-order valence-electron chi connectivity index (χ2n) is 9.09. The fourth-order valence-corrected chi connectivity index (χ4v) is 4.97. The molecular weight excluding hydrogens is 414 g/mol. The number of hydrogen-bond donors (Lipinski definition) is 1. The molecule has 0 amide bonds. The zero-order chi connectivity index (χ0) is 23.4. The molecule has 1 aromatic heterocycles. The standard InChI is InChI=1S/C27H33N3O3/c1-19(28-29(2)3)22(18-30-16-10-5-11-17-30)24(20-12-6-4-7-13-20)25-26(31)21-14-8-9-15-23(21)33-27(25)32/h4,6-9,12-15,22,24,31H,5,10-11,16-18H2,1-3H3/b28-19+/t22-,24+/m0/s1. The number of hydrogen-bond acceptors (Lipinski definition) is 6.